The van der Waals surface area contributed by atoms with Gasteiger partial charge in [-0.05, 0) is 47.0 Å². The van der Waals surface area contributed by atoms with Crippen LogP contribution in [0.15, 0.2) is 60.0 Å². The molecular formula is C20H20N2O2S. The third-order valence-electron chi connectivity index (χ3n) is 3.98. The van der Waals surface area contributed by atoms with Gasteiger partial charge in [-0.1, -0.05) is 31.2 Å². The van der Waals surface area contributed by atoms with Gasteiger partial charge in [-0.2, -0.15) is 0 Å². The summed E-state index contributed by atoms with van der Waals surface area (Å²) in [4.78, 5) is 24.3. The fourth-order valence-corrected chi connectivity index (χ4v) is 3.32. The lowest BCUT2D eigenvalue weighted by Gasteiger charge is -2.14. The Balaban J connectivity index is 1.47. The van der Waals surface area contributed by atoms with Gasteiger partial charge in [0.15, 0.2) is 0 Å². The number of hydrogen-bond acceptors (Lipinski definition) is 3. The monoisotopic (exact) mass is 352 g/mol. The van der Waals surface area contributed by atoms with Gasteiger partial charge in [0.25, 0.3) is 11.8 Å². The van der Waals surface area contributed by atoms with Gasteiger partial charge < -0.3 is 10.6 Å². The summed E-state index contributed by atoms with van der Waals surface area (Å²) in [5.41, 5.74) is 1.30. The van der Waals surface area contributed by atoms with Gasteiger partial charge in [0.1, 0.15) is 0 Å². The van der Waals surface area contributed by atoms with Crippen molar-refractivity contribution in [2.75, 3.05) is 13.1 Å². The third-order valence-corrected chi connectivity index (χ3v) is 4.86. The maximum absolute atomic E-state index is 12.3. The molecule has 0 spiro atoms. The second-order valence-corrected chi connectivity index (χ2v) is 7.01. The molecular weight excluding hydrogens is 332 g/mol. The summed E-state index contributed by atoms with van der Waals surface area (Å²) < 4.78 is 1.11. The molecule has 25 heavy (non-hydrogen) atoms. The molecule has 0 aliphatic heterocycles. The van der Waals surface area contributed by atoms with Gasteiger partial charge in [0, 0.05) is 28.9 Å². The number of carbonyl (C=O) groups excluding carboxylic acids is 2. The Hall–Kier alpha value is -2.66. The summed E-state index contributed by atoms with van der Waals surface area (Å²) in [5.74, 6) is -0.0412. The summed E-state index contributed by atoms with van der Waals surface area (Å²) in [6.07, 6.45) is 0. The second-order valence-electron chi connectivity index (χ2n) is 6.06. The van der Waals surface area contributed by atoms with E-state index in [1.807, 2.05) is 54.8 Å². The van der Waals surface area contributed by atoms with E-state index < -0.39 is 0 Å². The molecule has 0 saturated heterocycles. The SMILES string of the molecule is CC(CNC(=O)c1ccccc1)CNC(=O)c1ccc2ccsc2c1. The summed E-state index contributed by atoms with van der Waals surface area (Å²) in [6.45, 7) is 3.02. The van der Waals surface area contributed by atoms with E-state index in [2.05, 4.69) is 10.6 Å². The highest BCUT2D eigenvalue weighted by Crippen LogP contribution is 2.21. The molecule has 0 aliphatic carbocycles. The zero-order chi connectivity index (χ0) is 17.6. The summed E-state index contributed by atoms with van der Waals surface area (Å²) in [5, 5.41) is 9.00. The smallest absolute Gasteiger partial charge is 0.251 e. The van der Waals surface area contributed by atoms with Crippen molar-refractivity contribution in [2.24, 2.45) is 5.92 Å². The van der Waals surface area contributed by atoms with Crippen molar-refractivity contribution in [3.63, 3.8) is 0 Å². The van der Waals surface area contributed by atoms with Gasteiger partial charge in [-0.15, -0.1) is 11.3 Å². The molecule has 0 bridgehead atoms. The average molecular weight is 352 g/mol. The molecule has 128 valence electrons. The van der Waals surface area contributed by atoms with E-state index in [9.17, 15) is 9.59 Å². The standard InChI is InChI=1S/C20H20N2O2S/c1-14(12-21-19(23)16-5-3-2-4-6-16)13-22-20(24)17-8-7-15-9-10-25-18(15)11-17/h2-11,14H,12-13H2,1H3,(H,21,23)(H,22,24). The molecule has 1 atom stereocenters. The molecule has 2 aromatic carbocycles. The van der Waals surface area contributed by atoms with Crippen LogP contribution in [-0.4, -0.2) is 24.9 Å². The minimum Gasteiger partial charge on any atom is -0.352 e. The number of hydrogen-bond donors (Lipinski definition) is 2. The lowest BCUT2D eigenvalue weighted by atomic mass is 10.1. The number of thiophene rings is 1. The highest BCUT2D eigenvalue weighted by molar-refractivity contribution is 7.17. The Morgan fingerprint density at radius 3 is 2.32 bits per heavy atom. The van der Waals surface area contributed by atoms with Crippen LogP contribution < -0.4 is 10.6 Å². The van der Waals surface area contributed by atoms with Gasteiger partial charge in [-0.25, -0.2) is 0 Å². The molecule has 0 fully saturated rings. The maximum atomic E-state index is 12.3. The summed E-state index contributed by atoms with van der Waals surface area (Å²) >= 11 is 1.63. The minimum absolute atomic E-state index is 0.0865. The van der Waals surface area contributed by atoms with E-state index in [4.69, 9.17) is 0 Å². The third kappa shape index (κ3) is 4.45. The number of rotatable bonds is 6. The molecule has 0 aliphatic rings. The highest BCUT2D eigenvalue weighted by Gasteiger charge is 2.11. The first kappa shape index (κ1) is 17.2. The fraction of sp³-hybridized carbons (Fsp3) is 0.200. The van der Waals surface area contributed by atoms with Gasteiger partial charge in [0.2, 0.25) is 0 Å². The van der Waals surface area contributed by atoms with E-state index in [1.165, 1.54) is 0 Å². The number of benzene rings is 2. The van der Waals surface area contributed by atoms with Gasteiger partial charge in [0.05, 0.1) is 0 Å². The predicted molar refractivity (Wildman–Crippen MR) is 102 cm³/mol. The number of amides is 2. The van der Waals surface area contributed by atoms with Crippen molar-refractivity contribution < 1.29 is 9.59 Å². The van der Waals surface area contributed by atoms with Gasteiger partial charge in [-0.3, -0.25) is 9.59 Å². The van der Waals surface area contributed by atoms with Crippen molar-refractivity contribution in [2.45, 2.75) is 6.92 Å². The van der Waals surface area contributed by atoms with Crippen LogP contribution in [0.5, 0.6) is 0 Å². The molecule has 1 aromatic heterocycles. The minimum atomic E-state index is -0.0954. The zero-order valence-corrected chi connectivity index (χ0v) is 14.8. The van der Waals surface area contributed by atoms with Crippen LogP contribution in [0, 0.1) is 5.92 Å². The predicted octanol–water partition coefficient (Wildman–Crippen LogP) is 3.70. The van der Waals surface area contributed by atoms with Crippen LogP contribution in [0.3, 0.4) is 0 Å². The topological polar surface area (TPSA) is 58.2 Å². The van der Waals surface area contributed by atoms with Crippen LogP contribution in [0.25, 0.3) is 10.1 Å². The number of nitrogens with one attached hydrogen (secondary N) is 2. The Labute approximate surface area is 150 Å². The molecule has 3 aromatic rings. The van der Waals surface area contributed by atoms with Crippen LogP contribution in [-0.2, 0) is 0 Å². The Morgan fingerprint density at radius 1 is 0.920 bits per heavy atom. The molecule has 2 N–H and O–H groups in total. The van der Waals surface area contributed by atoms with E-state index in [0.717, 1.165) is 10.1 Å². The largest absolute Gasteiger partial charge is 0.352 e. The maximum Gasteiger partial charge on any atom is 0.251 e. The molecule has 4 nitrogen and oxygen atoms in total. The lowest BCUT2D eigenvalue weighted by molar-refractivity contribution is 0.0942. The van der Waals surface area contributed by atoms with Crippen LogP contribution in [0.4, 0.5) is 0 Å². The first-order valence-corrected chi connectivity index (χ1v) is 9.10. The van der Waals surface area contributed by atoms with Crippen molar-refractivity contribution in [3.05, 3.63) is 71.1 Å². The molecule has 0 saturated carbocycles. The summed E-state index contributed by atoms with van der Waals surface area (Å²) in [7, 11) is 0. The number of fused-ring (bicyclic) bond motifs is 1. The zero-order valence-electron chi connectivity index (χ0n) is 14.0. The molecule has 1 unspecified atom stereocenters. The summed E-state index contributed by atoms with van der Waals surface area (Å²) in [6, 6.07) is 16.9. The molecule has 0 radical (unpaired) electrons. The quantitative estimate of drug-likeness (QED) is 0.711. The van der Waals surface area contributed by atoms with E-state index >= 15 is 0 Å². The van der Waals surface area contributed by atoms with Crippen LogP contribution in [0.2, 0.25) is 0 Å². The van der Waals surface area contributed by atoms with Crippen molar-refractivity contribution in [3.8, 4) is 0 Å². The van der Waals surface area contributed by atoms with Crippen molar-refractivity contribution >= 4 is 33.2 Å². The Bertz CT molecular complexity index is 874. The van der Waals surface area contributed by atoms with E-state index in [1.54, 1.807) is 23.5 Å². The van der Waals surface area contributed by atoms with E-state index in [-0.39, 0.29) is 17.7 Å². The fourth-order valence-electron chi connectivity index (χ4n) is 2.50. The average Bonchev–Trinajstić information content (AvgIpc) is 3.12. The molecule has 2 amide bonds. The second kappa shape index (κ2) is 7.94. The molecule has 5 heteroatoms. The first-order chi connectivity index (χ1) is 12.1. The Kier molecular flexibility index (Phi) is 5.46. The van der Waals surface area contributed by atoms with Crippen molar-refractivity contribution in [1.29, 1.82) is 0 Å². The Morgan fingerprint density at radius 2 is 1.60 bits per heavy atom. The van der Waals surface area contributed by atoms with Crippen LogP contribution >= 0.6 is 11.3 Å². The van der Waals surface area contributed by atoms with E-state index in [0.29, 0.717) is 24.2 Å². The lowest BCUT2D eigenvalue weighted by Crippen LogP contribution is -2.35. The highest BCUT2D eigenvalue weighted by atomic mass is 32.1. The molecule has 3 rings (SSSR count). The normalized spacial score (nSPS) is 11.9. The van der Waals surface area contributed by atoms with Crippen molar-refractivity contribution in [1.82, 2.24) is 10.6 Å². The number of carbonyl (C=O) groups is 2. The first-order valence-electron chi connectivity index (χ1n) is 8.22. The van der Waals surface area contributed by atoms with Crippen LogP contribution in [0.1, 0.15) is 27.6 Å². The molecule has 1 heterocycles. The van der Waals surface area contributed by atoms with Gasteiger partial charge >= 0.3 is 0 Å².